The molecule has 2 aliphatic heterocycles. The summed E-state index contributed by atoms with van der Waals surface area (Å²) in [6.07, 6.45) is 2.82. The van der Waals surface area contributed by atoms with Gasteiger partial charge in [-0.2, -0.15) is 11.8 Å². The summed E-state index contributed by atoms with van der Waals surface area (Å²) >= 11 is 1.93. The van der Waals surface area contributed by atoms with Crippen LogP contribution < -0.4 is 4.74 Å². The molecule has 6 heteroatoms. The van der Waals surface area contributed by atoms with Crippen molar-refractivity contribution in [1.82, 2.24) is 9.80 Å². The maximum atomic E-state index is 13.4. The van der Waals surface area contributed by atoms with Crippen molar-refractivity contribution in [2.45, 2.75) is 31.2 Å². The number of benzene rings is 1. The van der Waals surface area contributed by atoms with Gasteiger partial charge in [-0.3, -0.25) is 9.59 Å². The molecule has 140 valence electrons. The van der Waals surface area contributed by atoms with Crippen molar-refractivity contribution in [1.29, 1.82) is 0 Å². The molecular weight excluding hydrogens is 348 g/mol. The van der Waals surface area contributed by atoms with Crippen molar-refractivity contribution < 1.29 is 14.3 Å². The van der Waals surface area contributed by atoms with E-state index in [4.69, 9.17) is 4.74 Å². The van der Waals surface area contributed by atoms with Gasteiger partial charge in [0.1, 0.15) is 5.75 Å². The van der Waals surface area contributed by atoms with Crippen molar-refractivity contribution in [2.24, 2.45) is 0 Å². The normalized spacial score (nSPS) is 26.2. The number of ether oxygens (including phenoxy) is 1. The van der Waals surface area contributed by atoms with E-state index in [9.17, 15) is 9.59 Å². The summed E-state index contributed by atoms with van der Waals surface area (Å²) in [6.45, 7) is 4.03. The van der Waals surface area contributed by atoms with Crippen molar-refractivity contribution in [3.05, 3.63) is 29.3 Å². The van der Waals surface area contributed by atoms with Crippen molar-refractivity contribution in [3.63, 3.8) is 0 Å². The molecule has 1 aliphatic carbocycles. The van der Waals surface area contributed by atoms with Gasteiger partial charge in [0.15, 0.2) is 5.78 Å². The number of carbonyl (C=O) groups excluding carboxylic acids is 2. The number of hydrogen-bond acceptors (Lipinski definition) is 5. The molecule has 5 nitrogen and oxygen atoms in total. The summed E-state index contributed by atoms with van der Waals surface area (Å²) in [5, 5.41) is 0. The third kappa shape index (κ3) is 3.37. The number of amides is 1. The molecule has 1 aromatic rings. The zero-order chi connectivity index (χ0) is 18.1. The third-order valence-corrected chi connectivity index (χ3v) is 6.89. The topological polar surface area (TPSA) is 49.9 Å². The molecule has 0 bridgehead atoms. The van der Waals surface area contributed by atoms with Crippen LogP contribution in [0.1, 0.15) is 41.1 Å². The lowest BCUT2D eigenvalue weighted by atomic mass is 9.98. The average Bonchev–Trinajstić information content (AvgIpc) is 3.29. The smallest absolute Gasteiger partial charge is 0.230 e. The second kappa shape index (κ2) is 7.61. The van der Waals surface area contributed by atoms with Gasteiger partial charge in [-0.05, 0) is 49.7 Å². The highest BCUT2D eigenvalue weighted by Crippen LogP contribution is 2.37. The van der Waals surface area contributed by atoms with Crippen molar-refractivity contribution in [3.8, 4) is 5.75 Å². The molecule has 1 amide bonds. The lowest BCUT2D eigenvalue weighted by Crippen LogP contribution is -2.52. The van der Waals surface area contributed by atoms with Gasteiger partial charge in [0, 0.05) is 36.6 Å². The predicted octanol–water partition coefficient (Wildman–Crippen LogP) is 2.41. The van der Waals surface area contributed by atoms with Crippen molar-refractivity contribution >= 4 is 23.5 Å². The van der Waals surface area contributed by atoms with E-state index >= 15 is 0 Å². The Morgan fingerprint density at radius 2 is 2.08 bits per heavy atom. The number of methoxy groups -OCH3 is 1. The quantitative estimate of drug-likeness (QED) is 0.810. The maximum absolute atomic E-state index is 13.4. The van der Waals surface area contributed by atoms with Gasteiger partial charge in [0.2, 0.25) is 5.91 Å². The Labute approximate surface area is 159 Å². The van der Waals surface area contributed by atoms with Gasteiger partial charge in [0.25, 0.3) is 0 Å². The van der Waals surface area contributed by atoms with Crippen molar-refractivity contribution in [2.75, 3.05) is 44.8 Å². The van der Waals surface area contributed by atoms with Crippen LogP contribution in [-0.2, 0) is 4.79 Å². The highest BCUT2D eigenvalue weighted by atomic mass is 32.2. The van der Waals surface area contributed by atoms with Crippen LogP contribution in [0.15, 0.2) is 18.2 Å². The SMILES string of the molecule is COc1ccc2c(c1)C(C(=O)N1CCSCC1CN1CCCC1)CC2=O. The fraction of sp³-hybridized carbons (Fsp3) is 0.600. The van der Waals surface area contributed by atoms with E-state index in [1.54, 1.807) is 19.2 Å². The second-order valence-corrected chi connectivity index (χ2v) is 8.55. The number of likely N-dealkylation sites (tertiary alicyclic amines) is 1. The van der Waals surface area contributed by atoms with Gasteiger partial charge >= 0.3 is 0 Å². The molecule has 0 spiro atoms. The molecular formula is C20H26N2O3S. The van der Waals surface area contributed by atoms with E-state index < -0.39 is 0 Å². The fourth-order valence-electron chi connectivity index (χ4n) is 4.40. The average molecular weight is 375 g/mol. The molecule has 1 aromatic carbocycles. The summed E-state index contributed by atoms with van der Waals surface area (Å²) in [5.41, 5.74) is 1.53. The summed E-state index contributed by atoms with van der Waals surface area (Å²) in [5.74, 6) is 2.52. The van der Waals surface area contributed by atoms with E-state index in [-0.39, 0.29) is 23.7 Å². The van der Waals surface area contributed by atoms with Crippen LogP contribution in [0.5, 0.6) is 5.75 Å². The molecule has 26 heavy (non-hydrogen) atoms. The predicted molar refractivity (Wildman–Crippen MR) is 103 cm³/mol. The highest BCUT2D eigenvalue weighted by Gasteiger charge is 2.39. The van der Waals surface area contributed by atoms with Crippen LogP contribution in [0, 0.1) is 0 Å². The number of ketones is 1. The van der Waals surface area contributed by atoms with E-state index in [2.05, 4.69) is 9.80 Å². The van der Waals surface area contributed by atoms with E-state index in [0.717, 1.165) is 43.2 Å². The summed E-state index contributed by atoms with van der Waals surface area (Å²) < 4.78 is 5.31. The van der Waals surface area contributed by atoms with Crippen LogP contribution >= 0.6 is 11.8 Å². The van der Waals surface area contributed by atoms with Gasteiger partial charge in [0.05, 0.1) is 19.1 Å². The molecule has 2 unspecified atom stereocenters. The Morgan fingerprint density at radius 1 is 1.27 bits per heavy atom. The molecule has 0 radical (unpaired) electrons. The summed E-state index contributed by atoms with van der Waals surface area (Å²) in [7, 11) is 1.61. The van der Waals surface area contributed by atoms with E-state index in [1.807, 2.05) is 17.8 Å². The Hall–Kier alpha value is -1.53. The Kier molecular flexibility index (Phi) is 5.23. The first kappa shape index (κ1) is 17.9. The minimum atomic E-state index is -0.350. The number of fused-ring (bicyclic) bond motifs is 1. The second-order valence-electron chi connectivity index (χ2n) is 7.40. The molecule has 2 heterocycles. The summed E-state index contributed by atoms with van der Waals surface area (Å²) in [4.78, 5) is 30.3. The van der Waals surface area contributed by atoms with Gasteiger partial charge < -0.3 is 14.5 Å². The lowest BCUT2D eigenvalue weighted by molar-refractivity contribution is -0.134. The standard InChI is InChI=1S/C20H26N2O3S/c1-25-15-4-5-16-17(10-15)18(11-19(16)23)20(24)22-8-9-26-13-14(22)12-21-6-2-3-7-21/h4-5,10,14,18H,2-3,6-9,11-13H2,1H3. The van der Waals surface area contributed by atoms with Gasteiger partial charge in [-0.25, -0.2) is 0 Å². The molecule has 3 aliphatic rings. The molecule has 2 atom stereocenters. The Morgan fingerprint density at radius 3 is 2.85 bits per heavy atom. The zero-order valence-corrected chi connectivity index (χ0v) is 16.1. The zero-order valence-electron chi connectivity index (χ0n) is 15.3. The molecule has 4 rings (SSSR count). The Balaban J connectivity index is 1.55. The minimum Gasteiger partial charge on any atom is -0.497 e. The molecule has 2 fully saturated rings. The molecule has 0 saturated carbocycles. The molecule has 2 saturated heterocycles. The number of hydrogen-bond donors (Lipinski definition) is 0. The van der Waals surface area contributed by atoms with E-state index in [1.165, 1.54) is 12.8 Å². The number of nitrogens with zero attached hydrogens (tertiary/aromatic N) is 2. The molecule has 0 aromatic heterocycles. The first-order valence-corrected chi connectivity index (χ1v) is 10.6. The highest BCUT2D eigenvalue weighted by molar-refractivity contribution is 7.99. The summed E-state index contributed by atoms with van der Waals surface area (Å²) in [6, 6.07) is 5.73. The van der Waals surface area contributed by atoms with E-state index in [0.29, 0.717) is 17.7 Å². The number of Topliss-reactive ketones (excluding diaryl/α,β-unsaturated/α-hetero) is 1. The minimum absolute atomic E-state index is 0.0727. The Bertz CT molecular complexity index is 702. The largest absolute Gasteiger partial charge is 0.497 e. The van der Waals surface area contributed by atoms with Crippen LogP contribution in [0.4, 0.5) is 0 Å². The fourth-order valence-corrected chi connectivity index (χ4v) is 5.45. The number of rotatable bonds is 4. The number of thioether (sulfide) groups is 1. The van der Waals surface area contributed by atoms with Crippen LogP contribution in [0.2, 0.25) is 0 Å². The van der Waals surface area contributed by atoms with Gasteiger partial charge in [-0.15, -0.1) is 0 Å². The number of carbonyl (C=O) groups is 2. The third-order valence-electron chi connectivity index (χ3n) is 5.80. The first-order valence-electron chi connectivity index (χ1n) is 9.49. The van der Waals surface area contributed by atoms with Crippen LogP contribution in [0.3, 0.4) is 0 Å². The van der Waals surface area contributed by atoms with Gasteiger partial charge in [-0.1, -0.05) is 0 Å². The first-order chi connectivity index (χ1) is 12.7. The van der Waals surface area contributed by atoms with Crippen LogP contribution in [-0.4, -0.2) is 72.3 Å². The maximum Gasteiger partial charge on any atom is 0.230 e. The lowest BCUT2D eigenvalue weighted by Gasteiger charge is -2.39. The monoisotopic (exact) mass is 374 g/mol. The molecule has 0 N–H and O–H groups in total. The van der Waals surface area contributed by atoms with Crippen LogP contribution in [0.25, 0.3) is 0 Å².